The molecule has 6 nitrogen and oxygen atoms in total. The molecule has 0 radical (unpaired) electrons. The first-order valence-electron chi connectivity index (χ1n) is 8.04. The van der Waals surface area contributed by atoms with E-state index >= 15 is 0 Å². The van der Waals surface area contributed by atoms with Gasteiger partial charge in [0.15, 0.2) is 0 Å². The minimum absolute atomic E-state index is 0.0845. The van der Waals surface area contributed by atoms with Crippen LogP contribution in [0.15, 0.2) is 33.6 Å². The molecule has 2 N–H and O–H groups in total. The molecule has 2 atom stereocenters. The van der Waals surface area contributed by atoms with Crippen LogP contribution in [-0.4, -0.2) is 51.4 Å². The van der Waals surface area contributed by atoms with Crippen LogP contribution >= 0.6 is 15.9 Å². The molecule has 1 saturated heterocycles. The van der Waals surface area contributed by atoms with Gasteiger partial charge < -0.3 is 10.2 Å². The van der Waals surface area contributed by atoms with Crippen molar-refractivity contribution in [3.8, 4) is 0 Å². The molecule has 0 saturated carbocycles. The average molecular weight is 418 g/mol. The van der Waals surface area contributed by atoms with E-state index in [0.29, 0.717) is 6.04 Å². The van der Waals surface area contributed by atoms with Gasteiger partial charge in [-0.15, -0.1) is 0 Å². The number of carbonyl (C=O) groups is 1. The standard InChI is InChI=1S/C16H24BrN3O3S/c1-12-15(4-3-11-20(12)2)19-16(21)9-10-18-24(22,23)14-7-5-13(17)6-8-14/h5-8,12,15,18H,3-4,9-11H2,1-2H3,(H,19,21)/t12-,15+/m1/s1. The van der Waals surface area contributed by atoms with Crippen LogP contribution in [0.5, 0.6) is 0 Å². The van der Waals surface area contributed by atoms with Crippen LogP contribution < -0.4 is 10.0 Å². The van der Waals surface area contributed by atoms with E-state index in [0.717, 1.165) is 23.9 Å². The number of benzene rings is 1. The summed E-state index contributed by atoms with van der Waals surface area (Å²) < 4.78 is 27.6. The molecule has 1 aliphatic rings. The molecule has 8 heteroatoms. The highest BCUT2D eigenvalue weighted by Crippen LogP contribution is 2.16. The van der Waals surface area contributed by atoms with Gasteiger partial charge in [-0.3, -0.25) is 4.79 Å². The van der Waals surface area contributed by atoms with Crippen LogP contribution in [0.4, 0.5) is 0 Å². The molecular formula is C16H24BrN3O3S. The highest BCUT2D eigenvalue weighted by atomic mass is 79.9. The summed E-state index contributed by atoms with van der Waals surface area (Å²) in [7, 11) is -1.53. The van der Waals surface area contributed by atoms with E-state index < -0.39 is 10.0 Å². The molecule has 0 unspecified atom stereocenters. The first kappa shape index (κ1) is 19.4. The van der Waals surface area contributed by atoms with Crippen LogP contribution in [0.2, 0.25) is 0 Å². The Morgan fingerprint density at radius 3 is 2.67 bits per heavy atom. The Bertz CT molecular complexity index is 664. The lowest BCUT2D eigenvalue weighted by Crippen LogP contribution is -2.52. The molecule has 0 aliphatic carbocycles. The molecule has 1 fully saturated rings. The molecular weight excluding hydrogens is 394 g/mol. The lowest BCUT2D eigenvalue weighted by atomic mass is 9.98. The third-order valence-corrected chi connectivity index (χ3v) is 6.42. The molecule has 134 valence electrons. The molecule has 1 amide bonds. The maximum absolute atomic E-state index is 12.1. The SMILES string of the molecule is C[C@@H]1[C@@H](NC(=O)CCNS(=O)(=O)c2ccc(Br)cc2)CCCN1C. The zero-order chi connectivity index (χ0) is 17.7. The van der Waals surface area contributed by atoms with Gasteiger partial charge in [0.25, 0.3) is 0 Å². The molecule has 1 aromatic rings. The number of carbonyl (C=O) groups excluding carboxylic acids is 1. The van der Waals surface area contributed by atoms with Crippen LogP contribution in [0, 0.1) is 0 Å². The number of piperidine rings is 1. The molecule has 1 heterocycles. The first-order valence-corrected chi connectivity index (χ1v) is 10.3. The number of hydrogen-bond acceptors (Lipinski definition) is 4. The van der Waals surface area contributed by atoms with Crippen LogP contribution in [0.1, 0.15) is 26.2 Å². The van der Waals surface area contributed by atoms with Gasteiger partial charge in [-0.2, -0.15) is 0 Å². The largest absolute Gasteiger partial charge is 0.352 e. The van der Waals surface area contributed by atoms with Crippen molar-refractivity contribution in [2.75, 3.05) is 20.1 Å². The summed E-state index contributed by atoms with van der Waals surface area (Å²) in [6.45, 7) is 3.22. The van der Waals surface area contributed by atoms with Crippen LogP contribution in [-0.2, 0) is 14.8 Å². The fourth-order valence-electron chi connectivity index (χ4n) is 2.78. The maximum Gasteiger partial charge on any atom is 0.240 e. The second kappa shape index (κ2) is 8.42. The number of amides is 1. The number of halogens is 1. The summed E-state index contributed by atoms with van der Waals surface area (Å²) in [4.78, 5) is 14.5. The maximum atomic E-state index is 12.1. The van der Waals surface area contributed by atoms with Gasteiger partial charge in [0.2, 0.25) is 15.9 Å². The van der Waals surface area contributed by atoms with Crippen molar-refractivity contribution in [3.63, 3.8) is 0 Å². The van der Waals surface area contributed by atoms with Crippen molar-refractivity contribution < 1.29 is 13.2 Å². The molecule has 1 aromatic carbocycles. The number of likely N-dealkylation sites (tertiary alicyclic amines) is 1. The highest BCUT2D eigenvalue weighted by molar-refractivity contribution is 9.10. The van der Waals surface area contributed by atoms with E-state index in [9.17, 15) is 13.2 Å². The zero-order valence-electron chi connectivity index (χ0n) is 14.0. The summed E-state index contributed by atoms with van der Waals surface area (Å²) in [6, 6.07) is 6.80. The predicted molar refractivity (Wildman–Crippen MR) is 97.2 cm³/mol. The topological polar surface area (TPSA) is 78.5 Å². The second-order valence-corrected chi connectivity index (χ2v) is 8.82. The molecule has 0 aromatic heterocycles. The summed E-state index contributed by atoms with van der Waals surface area (Å²) in [6.07, 6.45) is 2.15. The van der Waals surface area contributed by atoms with Gasteiger partial charge in [0.05, 0.1) is 4.90 Å². The Kier molecular flexibility index (Phi) is 6.79. The fourth-order valence-corrected chi connectivity index (χ4v) is 4.08. The van der Waals surface area contributed by atoms with Gasteiger partial charge in [0.1, 0.15) is 0 Å². The number of nitrogens with zero attached hydrogens (tertiary/aromatic N) is 1. The lowest BCUT2D eigenvalue weighted by Gasteiger charge is -2.37. The van der Waals surface area contributed by atoms with Crippen LogP contribution in [0.3, 0.4) is 0 Å². The minimum Gasteiger partial charge on any atom is -0.352 e. The normalized spacial score (nSPS) is 22.3. The van der Waals surface area contributed by atoms with Crippen molar-refractivity contribution in [1.29, 1.82) is 0 Å². The average Bonchev–Trinajstić information content (AvgIpc) is 2.52. The van der Waals surface area contributed by atoms with Gasteiger partial charge >= 0.3 is 0 Å². The van der Waals surface area contributed by atoms with Crippen molar-refractivity contribution in [2.24, 2.45) is 0 Å². The molecule has 0 spiro atoms. The number of likely N-dealkylation sites (N-methyl/N-ethyl adjacent to an activating group) is 1. The Morgan fingerprint density at radius 2 is 2.00 bits per heavy atom. The molecule has 0 bridgehead atoms. The minimum atomic E-state index is -3.58. The van der Waals surface area contributed by atoms with Gasteiger partial charge in [-0.1, -0.05) is 15.9 Å². The summed E-state index contributed by atoms with van der Waals surface area (Å²) >= 11 is 3.27. The Labute approximate surface area is 152 Å². The lowest BCUT2D eigenvalue weighted by molar-refractivity contribution is -0.122. The van der Waals surface area contributed by atoms with Gasteiger partial charge in [-0.05, 0) is 57.6 Å². The second-order valence-electron chi connectivity index (χ2n) is 6.14. The summed E-state index contributed by atoms with van der Waals surface area (Å²) in [5, 5.41) is 3.01. The van der Waals surface area contributed by atoms with Crippen LogP contribution in [0.25, 0.3) is 0 Å². The van der Waals surface area contributed by atoms with Gasteiger partial charge in [-0.25, -0.2) is 13.1 Å². The van der Waals surface area contributed by atoms with Crippen molar-refractivity contribution >= 4 is 31.9 Å². The summed E-state index contributed by atoms with van der Waals surface area (Å²) in [5.41, 5.74) is 0. The number of sulfonamides is 1. The Balaban J connectivity index is 1.80. The van der Waals surface area contributed by atoms with Crippen molar-refractivity contribution in [3.05, 3.63) is 28.7 Å². The quantitative estimate of drug-likeness (QED) is 0.738. The number of hydrogen-bond donors (Lipinski definition) is 2. The van der Waals surface area contributed by atoms with E-state index in [2.05, 4.69) is 44.8 Å². The van der Waals surface area contributed by atoms with E-state index in [1.54, 1.807) is 12.1 Å². The predicted octanol–water partition coefficient (Wildman–Crippen LogP) is 1.72. The first-order chi connectivity index (χ1) is 11.3. The smallest absolute Gasteiger partial charge is 0.240 e. The molecule has 1 aliphatic heterocycles. The fraction of sp³-hybridized carbons (Fsp3) is 0.562. The Hall–Kier alpha value is -0.960. The van der Waals surface area contributed by atoms with Crippen molar-refractivity contribution in [2.45, 2.75) is 43.2 Å². The van der Waals surface area contributed by atoms with E-state index in [4.69, 9.17) is 0 Å². The number of nitrogens with one attached hydrogen (secondary N) is 2. The number of rotatable bonds is 6. The van der Waals surface area contributed by atoms with Crippen molar-refractivity contribution in [1.82, 2.24) is 14.9 Å². The van der Waals surface area contributed by atoms with Gasteiger partial charge in [0, 0.05) is 29.5 Å². The van der Waals surface area contributed by atoms with E-state index in [1.807, 2.05) is 0 Å². The highest BCUT2D eigenvalue weighted by Gasteiger charge is 2.26. The third kappa shape index (κ3) is 5.27. The summed E-state index contributed by atoms with van der Waals surface area (Å²) in [5.74, 6) is -0.124. The monoisotopic (exact) mass is 417 g/mol. The third-order valence-electron chi connectivity index (χ3n) is 4.42. The zero-order valence-corrected chi connectivity index (χ0v) is 16.4. The molecule has 24 heavy (non-hydrogen) atoms. The Morgan fingerprint density at radius 1 is 1.33 bits per heavy atom. The van der Waals surface area contributed by atoms with E-state index in [-0.39, 0.29) is 29.8 Å². The van der Waals surface area contributed by atoms with E-state index in [1.165, 1.54) is 12.1 Å². The molecule has 2 rings (SSSR count).